The first-order valence-corrected chi connectivity index (χ1v) is 6.29. The summed E-state index contributed by atoms with van der Waals surface area (Å²) in [4.78, 5) is 0. The van der Waals surface area contributed by atoms with Crippen molar-refractivity contribution < 1.29 is 13.2 Å². The fourth-order valence-electron chi connectivity index (χ4n) is 2.05. The van der Waals surface area contributed by atoms with Gasteiger partial charge in [-0.1, -0.05) is 13.8 Å². The molecule has 0 aliphatic carbocycles. The summed E-state index contributed by atoms with van der Waals surface area (Å²) in [6.45, 7) is 4.24. The summed E-state index contributed by atoms with van der Waals surface area (Å²) in [5.74, 6) is -2.90. The van der Waals surface area contributed by atoms with E-state index in [1.807, 2.05) is 13.8 Å². The summed E-state index contributed by atoms with van der Waals surface area (Å²) in [6, 6.07) is 1.45. The van der Waals surface area contributed by atoms with E-state index in [0.717, 1.165) is 17.3 Å². The molecule has 0 aliphatic rings. The minimum atomic E-state index is -1.21. The van der Waals surface area contributed by atoms with E-state index in [9.17, 15) is 13.2 Å². The van der Waals surface area contributed by atoms with E-state index in [0.29, 0.717) is 6.07 Å². The Labute approximate surface area is 115 Å². The van der Waals surface area contributed by atoms with E-state index < -0.39 is 17.5 Å². The lowest BCUT2D eigenvalue weighted by molar-refractivity contribution is 0.497. The van der Waals surface area contributed by atoms with E-state index in [1.54, 1.807) is 17.9 Å². The highest BCUT2D eigenvalue weighted by Crippen LogP contribution is 2.22. The average Bonchev–Trinajstić information content (AvgIpc) is 2.73. The highest BCUT2D eigenvalue weighted by Gasteiger charge is 2.14. The van der Waals surface area contributed by atoms with Crippen molar-refractivity contribution in [3.05, 3.63) is 47.0 Å². The molecule has 1 heterocycles. The number of hydrogen-bond acceptors (Lipinski definition) is 2. The van der Waals surface area contributed by atoms with Crippen molar-refractivity contribution in [2.45, 2.75) is 26.3 Å². The second-order valence-electron chi connectivity index (χ2n) is 4.97. The van der Waals surface area contributed by atoms with Crippen LogP contribution >= 0.6 is 0 Å². The van der Waals surface area contributed by atoms with Crippen molar-refractivity contribution in [1.29, 1.82) is 0 Å². The van der Waals surface area contributed by atoms with Crippen LogP contribution in [-0.4, -0.2) is 9.78 Å². The molecular formula is C14H16F3N3. The molecule has 0 saturated carbocycles. The fourth-order valence-corrected chi connectivity index (χ4v) is 2.05. The Morgan fingerprint density at radius 2 is 1.95 bits per heavy atom. The van der Waals surface area contributed by atoms with E-state index in [2.05, 4.69) is 10.4 Å². The lowest BCUT2D eigenvalue weighted by Crippen LogP contribution is -2.05. The van der Waals surface area contributed by atoms with E-state index in [1.165, 1.54) is 0 Å². The van der Waals surface area contributed by atoms with Crippen LogP contribution in [0, 0.1) is 17.5 Å². The Balaban J connectivity index is 2.21. The molecule has 0 radical (unpaired) electrons. The van der Waals surface area contributed by atoms with Gasteiger partial charge in [-0.2, -0.15) is 5.10 Å². The molecule has 0 saturated heterocycles. The standard InChI is InChI=1S/C14H16F3N3/c1-8(2)14-9(7-20(3)19-14)6-18-12-5-10(15)4-11(16)13(12)17/h4-5,7-8,18H,6H2,1-3H3. The van der Waals surface area contributed by atoms with Crippen LogP contribution in [0.4, 0.5) is 18.9 Å². The van der Waals surface area contributed by atoms with E-state index in [-0.39, 0.29) is 18.2 Å². The summed E-state index contributed by atoms with van der Waals surface area (Å²) in [5, 5.41) is 7.03. The number of halogens is 3. The van der Waals surface area contributed by atoms with Gasteiger partial charge in [0.25, 0.3) is 0 Å². The van der Waals surface area contributed by atoms with Crippen LogP contribution in [0.3, 0.4) is 0 Å². The second-order valence-corrected chi connectivity index (χ2v) is 4.97. The van der Waals surface area contributed by atoms with Crippen molar-refractivity contribution in [1.82, 2.24) is 9.78 Å². The lowest BCUT2D eigenvalue weighted by atomic mass is 10.1. The molecule has 2 aromatic rings. The molecule has 6 heteroatoms. The quantitative estimate of drug-likeness (QED) is 0.869. The van der Waals surface area contributed by atoms with Gasteiger partial charge in [0.15, 0.2) is 11.6 Å². The van der Waals surface area contributed by atoms with Crippen molar-refractivity contribution in [3.63, 3.8) is 0 Å². The van der Waals surface area contributed by atoms with Gasteiger partial charge in [-0.25, -0.2) is 13.2 Å². The zero-order valence-corrected chi connectivity index (χ0v) is 11.5. The Kier molecular flexibility index (Phi) is 4.01. The van der Waals surface area contributed by atoms with Crippen molar-refractivity contribution in [3.8, 4) is 0 Å². The summed E-state index contributed by atoms with van der Waals surface area (Å²) in [7, 11) is 1.79. The number of rotatable bonds is 4. The predicted molar refractivity (Wildman–Crippen MR) is 70.9 cm³/mol. The van der Waals surface area contributed by atoms with Gasteiger partial charge < -0.3 is 5.32 Å². The maximum atomic E-state index is 13.5. The topological polar surface area (TPSA) is 29.9 Å². The number of anilines is 1. The monoisotopic (exact) mass is 283 g/mol. The number of nitrogens with zero attached hydrogens (tertiary/aromatic N) is 2. The zero-order valence-electron chi connectivity index (χ0n) is 11.5. The molecule has 0 atom stereocenters. The molecule has 108 valence electrons. The summed E-state index contributed by atoms with van der Waals surface area (Å²) >= 11 is 0. The van der Waals surface area contributed by atoms with Gasteiger partial charge in [-0.15, -0.1) is 0 Å². The minimum Gasteiger partial charge on any atom is -0.378 e. The maximum absolute atomic E-state index is 13.5. The van der Waals surface area contributed by atoms with Crippen LogP contribution in [0.2, 0.25) is 0 Å². The molecule has 0 unspecified atom stereocenters. The predicted octanol–water partition coefficient (Wildman–Crippen LogP) is 3.57. The first kappa shape index (κ1) is 14.4. The molecule has 20 heavy (non-hydrogen) atoms. The van der Waals surface area contributed by atoms with Crippen LogP contribution in [0.5, 0.6) is 0 Å². The minimum absolute atomic E-state index is 0.193. The Morgan fingerprint density at radius 1 is 1.25 bits per heavy atom. The van der Waals surface area contributed by atoms with Crippen molar-refractivity contribution >= 4 is 5.69 Å². The molecule has 1 N–H and O–H groups in total. The van der Waals surface area contributed by atoms with Crippen molar-refractivity contribution in [2.75, 3.05) is 5.32 Å². The van der Waals surface area contributed by atoms with E-state index in [4.69, 9.17) is 0 Å². The summed E-state index contributed by atoms with van der Waals surface area (Å²) in [5.41, 5.74) is 1.55. The molecule has 1 aromatic heterocycles. The fraction of sp³-hybridized carbons (Fsp3) is 0.357. The van der Waals surface area contributed by atoms with Crippen LogP contribution < -0.4 is 5.32 Å². The van der Waals surface area contributed by atoms with E-state index >= 15 is 0 Å². The van der Waals surface area contributed by atoms with Gasteiger partial charge in [0, 0.05) is 37.5 Å². The smallest absolute Gasteiger partial charge is 0.182 e. The molecular weight excluding hydrogens is 267 g/mol. The molecule has 1 aromatic carbocycles. The molecule has 0 spiro atoms. The van der Waals surface area contributed by atoms with Gasteiger partial charge in [0.05, 0.1) is 11.4 Å². The van der Waals surface area contributed by atoms with Crippen molar-refractivity contribution in [2.24, 2.45) is 7.05 Å². The lowest BCUT2D eigenvalue weighted by Gasteiger charge is -2.09. The number of aromatic nitrogens is 2. The Hall–Kier alpha value is -1.98. The molecule has 0 amide bonds. The average molecular weight is 283 g/mol. The highest BCUT2D eigenvalue weighted by molar-refractivity contribution is 5.46. The third-order valence-corrected chi connectivity index (χ3v) is 2.95. The number of benzene rings is 1. The summed E-state index contributed by atoms with van der Waals surface area (Å²) < 4.78 is 41.4. The van der Waals surface area contributed by atoms with Crippen LogP contribution in [-0.2, 0) is 13.6 Å². The van der Waals surface area contributed by atoms with Crippen LogP contribution in [0.25, 0.3) is 0 Å². The normalized spacial score (nSPS) is 11.2. The molecule has 2 rings (SSSR count). The maximum Gasteiger partial charge on any atom is 0.182 e. The number of nitrogens with one attached hydrogen (secondary N) is 1. The van der Waals surface area contributed by atoms with Gasteiger partial charge in [0.1, 0.15) is 5.82 Å². The van der Waals surface area contributed by atoms with Gasteiger partial charge in [0.2, 0.25) is 0 Å². The van der Waals surface area contributed by atoms with Gasteiger partial charge in [-0.3, -0.25) is 4.68 Å². The third-order valence-electron chi connectivity index (χ3n) is 2.95. The molecule has 0 fully saturated rings. The summed E-state index contributed by atoms with van der Waals surface area (Å²) in [6.07, 6.45) is 1.80. The Bertz CT molecular complexity index is 620. The largest absolute Gasteiger partial charge is 0.378 e. The highest BCUT2D eigenvalue weighted by atomic mass is 19.2. The zero-order chi connectivity index (χ0) is 14.9. The molecule has 0 aliphatic heterocycles. The van der Waals surface area contributed by atoms with Crippen LogP contribution in [0.1, 0.15) is 31.0 Å². The first-order chi connectivity index (χ1) is 9.38. The first-order valence-electron chi connectivity index (χ1n) is 6.29. The van der Waals surface area contributed by atoms with Crippen LogP contribution in [0.15, 0.2) is 18.3 Å². The number of hydrogen-bond donors (Lipinski definition) is 1. The SMILES string of the molecule is CC(C)c1nn(C)cc1CNc1cc(F)cc(F)c1F. The number of aryl methyl sites for hydroxylation is 1. The van der Waals surface area contributed by atoms with Gasteiger partial charge in [-0.05, 0) is 5.92 Å². The van der Waals surface area contributed by atoms with Gasteiger partial charge >= 0.3 is 0 Å². The Morgan fingerprint density at radius 3 is 2.60 bits per heavy atom. The molecule has 3 nitrogen and oxygen atoms in total. The molecule has 0 bridgehead atoms. The third kappa shape index (κ3) is 2.95. The second kappa shape index (κ2) is 5.56.